The Kier molecular flexibility index (Phi) is 4.98. The Balaban J connectivity index is 1.43. The highest BCUT2D eigenvalue weighted by Crippen LogP contribution is 2.27. The molecule has 1 aromatic carbocycles. The maximum Gasteiger partial charge on any atom is 0.278 e. The van der Waals surface area contributed by atoms with Crippen molar-refractivity contribution in [2.75, 3.05) is 23.3 Å². The van der Waals surface area contributed by atoms with E-state index in [2.05, 4.69) is 25.5 Å². The number of amides is 1. The van der Waals surface area contributed by atoms with E-state index < -0.39 is 11.7 Å². The van der Waals surface area contributed by atoms with E-state index in [0.717, 1.165) is 0 Å². The maximum absolute atomic E-state index is 13.4. The third-order valence-corrected chi connectivity index (χ3v) is 4.24. The molecular formula is C18H14ClFN6O2. The Hall–Kier alpha value is -3.33. The second-order valence-corrected chi connectivity index (χ2v) is 6.50. The fraction of sp³-hybridized carbons (Fsp3) is 0.167. The number of carbonyl (C=O) groups excluding carboxylic acids is 1. The van der Waals surface area contributed by atoms with Gasteiger partial charge in [-0.3, -0.25) is 4.79 Å². The molecule has 1 fully saturated rings. The summed E-state index contributed by atoms with van der Waals surface area (Å²) in [5, 5.41) is 10.4. The number of nitrogens with one attached hydrogen (secondary N) is 1. The first-order valence-electron chi connectivity index (χ1n) is 8.35. The van der Waals surface area contributed by atoms with Gasteiger partial charge in [0.05, 0.1) is 31.2 Å². The summed E-state index contributed by atoms with van der Waals surface area (Å²) in [7, 11) is 0. The molecule has 3 aromatic rings. The van der Waals surface area contributed by atoms with Gasteiger partial charge in [-0.1, -0.05) is 11.6 Å². The molecule has 2 aromatic heterocycles. The summed E-state index contributed by atoms with van der Waals surface area (Å²) in [5.41, 5.74) is 0.691. The number of ether oxygens (including phenoxy) is 1. The van der Waals surface area contributed by atoms with E-state index in [0.29, 0.717) is 30.3 Å². The first kappa shape index (κ1) is 18.1. The molecule has 142 valence electrons. The molecule has 0 spiro atoms. The van der Waals surface area contributed by atoms with Crippen molar-refractivity contribution in [2.45, 2.75) is 6.10 Å². The molecule has 0 atom stereocenters. The highest BCUT2D eigenvalue weighted by Gasteiger charge is 2.33. The third-order valence-electron chi connectivity index (χ3n) is 4.02. The van der Waals surface area contributed by atoms with Crippen molar-refractivity contribution in [2.24, 2.45) is 0 Å². The van der Waals surface area contributed by atoms with E-state index >= 15 is 0 Å². The van der Waals surface area contributed by atoms with Crippen LogP contribution in [0, 0.1) is 5.82 Å². The molecule has 1 N–H and O–H groups in total. The lowest BCUT2D eigenvalue weighted by Crippen LogP contribution is -2.54. The van der Waals surface area contributed by atoms with Crippen LogP contribution < -0.4 is 15.0 Å². The standard InChI is InChI=1S/C18H14ClFN6O2/c19-11-5-12(20)7-14(6-11)28-15-9-26(10-15)17-16(21-3-4-22-17)18(27)25-13-1-2-23-24-8-13/h1-8,15H,9-10H2,(H,23,25,27). The van der Waals surface area contributed by atoms with E-state index in [-0.39, 0.29) is 16.8 Å². The van der Waals surface area contributed by atoms with Crippen LogP contribution >= 0.6 is 11.6 Å². The molecule has 0 unspecified atom stereocenters. The van der Waals surface area contributed by atoms with E-state index in [1.807, 2.05) is 4.90 Å². The smallest absolute Gasteiger partial charge is 0.278 e. The topological polar surface area (TPSA) is 93.1 Å². The van der Waals surface area contributed by atoms with Gasteiger partial charge in [0.2, 0.25) is 0 Å². The van der Waals surface area contributed by atoms with Crippen molar-refractivity contribution >= 4 is 29.0 Å². The van der Waals surface area contributed by atoms with Crippen LogP contribution in [0.5, 0.6) is 5.75 Å². The lowest BCUT2D eigenvalue weighted by atomic mass is 10.1. The summed E-state index contributed by atoms with van der Waals surface area (Å²) in [4.78, 5) is 22.8. The van der Waals surface area contributed by atoms with Gasteiger partial charge in [-0.25, -0.2) is 14.4 Å². The average molecular weight is 401 g/mol. The van der Waals surface area contributed by atoms with Gasteiger partial charge in [-0.05, 0) is 18.2 Å². The fourth-order valence-corrected chi connectivity index (χ4v) is 2.96. The normalized spacial score (nSPS) is 13.7. The summed E-state index contributed by atoms with van der Waals surface area (Å²) < 4.78 is 19.1. The molecule has 0 aliphatic carbocycles. The summed E-state index contributed by atoms with van der Waals surface area (Å²) in [6, 6.07) is 5.67. The highest BCUT2D eigenvalue weighted by atomic mass is 35.5. The van der Waals surface area contributed by atoms with Gasteiger partial charge in [0.1, 0.15) is 17.7 Å². The molecule has 1 saturated heterocycles. The minimum absolute atomic E-state index is 0.180. The molecule has 1 aliphatic heterocycles. The average Bonchev–Trinajstić information content (AvgIpc) is 2.64. The zero-order valence-electron chi connectivity index (χ0n) is 14.4. The summed E-state index contributed by atoms with van der Waals surface area (Å²) in [6.07, 6.45) is 5.70. The zero-order valence-corrected chi connectivity index (χ0v) is 15.2. The van der Waals surface area contributed by atoms with Gasteiger partial charge < -0.3 is 15.0 Å². The summed E-state index contributed by atoms with van der Waals surface area (Å²) in [5.74, 6) is -0.0642. The molecule has 8 nitrogen and oxygen atoms in total. The zero-order chi connectivity index (χ0) is 19.5. The predicted octanol–water partition coefficient (Wildman–Crippen LogP) is 2.58. The van der Waals surface area contributed by atoms with Crippen molar-refractivity contribution in [3.63, 3.8) is 0 Å². The van der Waals surface area contributed by atoms with Crippen LogP contribution in [0.4, 0.5) is 15.9 Å². The van der Waals surface area contributed by atoms with Crippen LogP contribution in [0.1, 0.15) is 10.5 Å². The number of anilines is 2. The van der Waals surface area contributed by atoms with Crippen LogP contribution in [-0.4, -0.2) is 45.3 Å². The molecule has 3 heterocycles. The SMILES string of the molecule is O=C(Nc1ccnnc1)c1nccnc1N1CC(Oc2cc(F)cc(Cl)c2)C1. The number of carbonyl (C=O) groups is 1. The molecule has 4 rings (SSSR count). The Bertz CT molecular complexity index is 980. The second-order valence-electron chi connectivity index (χ2n) is 6.06. The van der Waals surface area contributed by atoms with Crippen molar-refractivity contribution in [1.82, 2.24) is 20.2 Å². The second kappa shape index (κ2) is 7.73. The molecule has 0 bridgehead atoms. The largest absolute Gasteiger partial charge is 0.487 e. The van der Waals surface area contributed by atoms with Gasteiger partial charge >= 0.3 is 0 Å². The van der Waals surface area contributed by atoms with Crippen molar-refractivity contribution in [3.05, 3.63) is 65.6 Å². The van der Waals surface area contributed by atoms with Gasteiger partial charge in [0, 0.05) is 23.5 Å². The molecule has 10 heteroatoms. The Morgan fingerprint density at radius 3 is 2.75 bits per heavy atom. The molecule has 28 heavy (non-hydrogen) atoms. The number of hydrogen-bond acceptors (Lipinski definition) is 7. The van der Waals surface area contributed by atoms with Crippen molar-refractivity contribution in [3.8, 4) is 5.75 Å². The molecule has 0 radical (unpaired) electrons. The molecule has 1 amide bonds. The number of benzene rings is 1. The fourth-order valence-electron chi connectivity index (χ4n) is 2.75. The predicted molar refractivity (Wildman–Crippen MR) is 100 cm³/mol. The number of aromatic nitrogens is 4. The number of nitrogens with zero attached hydrogens (tertiary/aromatic N) is 5. The van der Waals surface area contributed by atoms with E-state index in [9.17, 15) is 9.18 Å². The first-order chi connectivity index (χ1) is 13.6. The minimum Gasteiger partial charge on any atom is -0.487 e. The minimum atomic E-state index is -0.461. The Morgan fingerprint density at radius 2 is 2.00 bits per heavy atom. The van der Waals surface area contributed by atoms with Gasteiger partial charge in [-0.15, -0.1) is 0 Å². The van der Waals surface area contributed by atoms with Crippen LogP contribution in [0.15, 0.2) is 49.1 Å². The van der Waals surface area contributed by atoms with Crippen LogP contribution in [0.2, 0.25) is 5.02 Å². The summed E-state index contributed by atoms with van der Waals surface area (Å²) >= 11 is 5.84. The van der Waals surface area contributed by atoms with Crippen LogP contribution in [0.3, 0.4) is 0 Å². The monoisotopic (exact) mass is 400 g/mol. The Morgan fingerprint density at radius 1 is 1.18 bits per heavy atom. The summed E-state index contributed by atoms with van der Waals surface area (Å²) in [6.45, 7) is 0.952. The number of rotatable bonds is 5. The first-order valence-corrected chi connectivity index (χ1v) is 8.73. The van der Waals surface area contributed by atoms with Gasteiger partial charge in [-0.2, -0.15) is 10.2 Å². The number of hydrogen-bond donors (Lipinski definition) is 1. The quantitative estimate of drug-likeness (QED) is 0.703. The lowest BCUT2D eigenvalue weighted by molar-refractivity contribution is 0.102. The molecule has 0 saturated carbocycles. The maximum atomic E-state index is 13.4. The van der Waals surface area contributed by atoms with E-state index in [1.165, 1.54) is 36.9 Å². The third kappa shape index (κ3) is 3.99. The van der Waals surface area contributed by atoms with E-state index in [1.54, 1.807) is 12.1 Å². The number of halogens is 2. The highest BCUT2D eigenvalue weighted by molar-refractivity contribution is 6.30. The van der Waals surface area contributed by atoms with Gasteiger partial charge in [0.25, 0.3) is 5.91 Å². The van der Waals surface area contributed by atoms with Crippen LogP contribution in [0.25, 0.3) is 0 Å². The Labute approximate surface area is 164 Å². The van der Waals surface area contributed by atoms with Crippen molar-refractivity contribution in [1.29, 1.82) is 0 Å². The van der Waals surface area contributed by atoms with Gasteiger partial charge in [0.15, 0.2) is 11.5 Å². The lowest BCUT2D eigenvalue weighted by Gasteiger charge is -2.40. The molecule has 1 aliphatic rings. The van der Waals surface area contributed by atoms with Crippen LogP contribution in [-0.2, 0) is 0 Å². The van der Waals surface area contributed by atoms with Crippen molar-refractivity contribution < 1.29 is 13.9 Å². The molecular weight excluding hydrogens is 387 g/mol. The van der Waals surface area contributed by atoms with E-state index in [4.69, 9.17) is 16.3 Å².